The first-order valence-electron chi connectivity index (χ1n) is 6.55. The molecule has 1 aliphatic rings. The molecule has 1 heterocycles. The molecule has 0 aliphatic carbocycles. The second-order valence-corrected chi connectivity index (χ2v) is 6.26. The fourth-order valence-corrected chi connectivity index (χ4v) is 2.36. The van der Waals surface area contributed by atoms with Crippen molar-refractivity contribution >= 4 is 29.4 Å². The van der Waals surface area contributed by atoms with Crippen LogP contribution >= 0.6 is 23.4 Å². The highest BCUT2D eigenvalue weighted by Crippen LogP contribution is 2.17. The van der Waals surface area contributed by atoms with Gasteiger partial charge < -0.3 is 9.47 Å². The lowest BCUT2D eigenvalue weighted by atomic mass is 10.1. The van der Waals surface area contributed by atoms with Crippen LogP contribution in [0.4, 0.5) is 0 Å². The summed E-state index contributed by atoms with van der Waals surface area (Å²) in [7, 11) is 0. The van der Waals surface area contributed by atoms with Gasteiger partial charge in [-0.1, -0.05) is 41.5 Å². The predicted octanol–water partition coefficient (Wildman–Crippen LogP) is 4.40. The van der Waals surface area contributed by atoms with Crippen LogP contribution in [0.5, 0.6) is 0 Å². The van der Waals surface area contributed by atoms with E-state index in [0.29, 0.717) is 5.25 Å². The van der Waals surface area contributed by atoms with Gasteiger partial charge in [0.05, 0.1) is 18.5 Å². The van der Waals surface area contributed by atoms with E-state index in [4.69, 9.17) is 21.1 Å². The SMILES string of the molecule is CSC1COC(/C=C(C)/C=C/c2ccc(Cl)cc2)OC1. The summed E-state index contributed by atoms with van der Waals surface area (Å²) >= 11 is 7.64. The number of benzene rings is 1. The minimum atomic E-state index is -0.228. The Morgan fingerprint density at radius 2 is 1.90 bits per heavy atom. The molecule has 0 spiro atoms. The van der Waals surface area contributed by atoms with Crippen molar-refractivity contribution in [3.05, 3.63) is 52.6 Å². The van der Waals surface area contributed by atoms with Gasteiger partial charge in [0.2, 0.25) is 0 Å². The van der Waals surface area contributed by atoms with E-state index in [2.05, 4.69) is 18.4 Å². The quantitative estimate of drug-likeness (QED) is 0.768. The van der Waals surface area contributed by atoms with Crippen molar-refractivity contribution in [2.45, 2.75) is 18.5 Å². The summed E-state index contributed by atoms with van der Waals surface area (Å²) in [6, 6.07) is 7.75. The molecule has 0 saturated carbocycles. The van der Waals surface area contributed by atoms with Gasteiger partial charge in [0.25, 0.3) is 0 Å². The maximum absolute atomic E-state index is 5.86. The maximum Gasteiger partial charge on any atom is 0.177 e. The molecule has 1 aliphatic heterocycles. The lowest BCUT2D eigenvalue weighted by molar-refractivity contribution is -0.146. The average Bonchev–Trinajstić information content (AvgIpc) is 2.47. The number of allylic oxidation sites excluding steroid dienone is 2. The minimum Gasteiger partial charge on any atom is -0.348 e. The van der Waals surface area contributed by atoms with Crippen LogP contribution in [0, 0.1) is 0 Å². The van der Waals surface area contributed by atoms with Gasteiger partial charge in [-0.05, 0) is 37.0 Å². The Hall–Kier alpha value is -0.740. The smallest absolute Gasteiger partial charge is 0.177 e. The van der Waals surface area contributed by atoms with Gasteiger partial charge in [0, 0.05) is 5.02 Å². The summed E-state index contributed by atoms with van der Waals surface area (Å²) in [6.45, 7) is 3.53. The standard InChI is InChI=1S/C16H19ClO2S/c1-12(3-4-13-5-7-14(17)8-6-13)9-16-18-10-15(20-2)11-19-16/h3-9,15-16H,10-11H2,1-2H3/b4-3+,12-9+. The van der Waals surface area contributed by atoms with E-state index in [-0.39, 0.29) is 6.29 Å². The molecule has 0 N–H and O–H groups in total. The average molecular weight is 311 g/mol. The monoisotopic (exact) mass is 310 g/mol. The van der Waals surface area contributed by atoms with Crippen LogP contribution < -0.4 is 0 Å². The van der Waals surface area contributed by atoms with Crippen LogP contribution in [0.2, 0.25) is 5.02 Å². The number of ether oxygens (including phenoxy) is 2. The van der Waals surface area contributed by atoms with Crippen LogP contribution in [0.15, 0.2) is 42.0 Å². The van der Waals surface area contributed by atoms with Crippen molar-refractivity contribution < 1.29 is 9.47 Å². The van der Waals surface area contributed by atoms with E-state index in [1.807, 2.05) is 37.3 Å². The number of hydrogen-bond acceptors (Lipinski definition) is 3. The molecule has 108 valence electrons. The lowest BCUT2D eigenvalue weighted by Crippen LogP contribution is -2.32. The minimum absolute atomic E-state index is 0.228. The third kappa shape index (κ3) is 4.98. The van der Waals surface area contributed by atoms with Crippen molar-refractivity contribution in [1.82, 2.24) is 0 Å². The Balaban J connectivity index is 1.89. The van der Waals surface area contributed by atoms with E-state index in [0.717, 1.165) is 29.4 Å². The van der Waals surface area contributed by atoms with Crippen LogP contribution in [-0.4, -0.2) is 31.0 Å². The van der Waals surface area contributed by atoms with E-state index in [9.17, 15) is 0 Å². The molecule has 0 amide bonds. The molecule has 0 radical (unpaired) electrons. The van der Waals surface area contributed by atoms with Crippen molar-refractivity contribution in [2.24, 2.45) is 0 Å². The number of rotatable bonds is 4. The Morgan fingerprint density at radius 1 is 1.25 bits per heavy atom. The lowest BCUT2D eigenvalue weighted by Gasteiger charge is -2.26. The molecule has 2 nitrogen and oxygen atoms in total. The largest absolute Gasteiger partial charge is 0.348 e. The highest BCUT2D eigenvalue weighted by Gasteiger charge is 2.19. The molecule has 0 aromatic heterocycles. The van der Waals surface area contributed by atoms with Crippen LogP contribution in [0.1, 0.15) is 12.5 Å². The number of halogens is 1. The Morgan fingerprint density at radius 3 is 2.50 bits per heavy atom. The number of hydrogen-bond donors (Lipinski definition) is 0. The molecule has 0 atom stereocenters. The van der Waals surface area contributed by atoms with Crippen LogP contribution in [0.3, 0.4) is 0 Å². The third-order valence-electron chi connectivity index (χ3n) is 3.03. The topological polar surface area (TPSA) is 18.5 Å². The summed E-state index contributed by atoms with van der Waals surface area (Å²) in [4.78, 5) is 0. The fraction of sp³-hybridized carbons (Fsp3) is 0.375. The Kier molecular flexibility index (Phi) is 6.17. The van der Waals surface area contributed by atoms with Gasteiger partial charge >= 0.3 is 0 Å². The zero-order chi connectivity index (χ0) is 14.4. The molecule has 20 heavy (non-hydrogen) atoms. The molecule has 1 fully saturated rings. The summed E-state index contributed by atoms with van der Waals surface area (Å²) in [6.07, 6.45) is 7.96. The number of thioether (sulfide) groups is 1. The highest BCUT2D eigenvalue weighted by molar-refractivity contribution is 7.99. The molecule has 0 unspecified atom stereocenters. The van der Waals surface area contributed by atoms with E-state index >= 15 is 0 Å². The zero-order valence-corrected chi connectivity index (χ0v) is 13.3. The second-order valence-electron chi connectivity index (χ2n) is 4.69. The first-order chi connectivity index (χ1) is 9.67. The molecule has 1 saturated heterocycles. The summed E-state index contributed by atoms with van der Waals surface area (Å²) in [5, 5.41) is 1.20. The summed E-state index contributed by atoms with van der Waals surface area (Å²) in [5.74, 6) is 0. The molecular formula is C16H19ClO2S. The normalized spacial score (nSPS) is 24.2. The molecule has 2 rings (SSSR count). The van der Waals surface area contributed by atoms with Crippen molar-refractivity contribution in [2.75, 3.05) is 19.5 Å². The van der Waals surface area contributed by atoms with Gasteiger partial charge in [-0.25, -0.2) is 0 Å². The first kappa shape index (κ1) is 15.6. The van der Waals surface area contributed by atoms with Gasteiger partial charge in [0.15, 0.2) is 6.29 Å². The van der Waals surface area contributed by atoms with Gasteiger partial charge in [0.1, 0.15) is 0 Å². The van der Waals surface area contributed by atoms with Crippen molar-refractivity contribution in [3.63, 3.8) is 0 Å². The summed E-state index contributed by atoms with van der Waals surface area (Å²) in [5.41, 5.74) is 2.24. The predicted molar refractivity (Wildman–Crippen MR) is 87.2 cm³/mol. The summed E-state index contributed by atoms with van der Waals surface area (Å²) < 4.78 is 11.3. The Labute approximate surface area is 129 Å². The molecule has 1 aromatic rings. The van der Waals surface area contributed by atoms with E-state index in [1.54, 1.807) is 11.8 Å². The third-order valence-corrected chi connectivity index (χ3v) is 4.22. The van der Waals surface area contributed by atoms with Gasteiger partial charge in [-0.3, -0.25) is 0 Å². The van der Waals surface area contributed by atoms with Gasteiger partial charge in [-0.15, -0.1) is 0 Å². The highest BCUT2D eigenvalue weighted by atomic mass is 35.5. The first-order valence-corrected chi connectivity index (χ1v) is 8.22. The van der Waals surface area contributed by atoms with E-state index in [1.165, 1.54) is 0 Å². The van der Waals surface area contributed by atoms with E-state index < -0.39 is 0 Å². The second kappa shape index (κ2) is 7.89. The van der Waals surface area contributed by atoms with Crippen molar-refractivity contribution in [3.8, 4) is 0 Å². The zero-order valence-electron chi connectivity index (χ0n) is 11.7. The molecule has 1 aromatic carbocycles. The van der Waals surface area contributed by atoms with Crippen LogP contribution in [0.25, 0.3) is 6.08 Å². The van der Waals surface area contributed by atoms with Crippen LogP contribution in [-0.2, 0) is 9.47 Å². The molecule has 0 bridgehead atoms. The molecular weight excluding hydrogens is 292 g/mol. The van der Waals surface area contributed by atoms with Crippen molar-refractivity contribution in [1.29, 1.82) is 0 Å². The van der Waals surface area contributed by atoms with Gasteiger partial charge in [-0.2, -0.15) is 11.8 Å². The molecule has 4 heteroatoms. The fourth-order valence-electron chi connectivity index (χ4n) is 1.80. The maximum atomic E-state index is 5.86. The Bertz CT molecular complexity index is 474.